The lowest BCUT2D eigenvalue weighted by molar-refractivity contribution is -0.117. The van der Waals surface area contributed by atoms with Crippen molar-refractivity contribution in [2.45, 2.75) is 31.4 Å². The molecule has 0 N–H and O–H groups in total. The number of hydrogen-bond donors (Lipinski definition) is 0. The summed E-state index contributed by atoms with van der Waals surface area (Å²) in [7, 11) is 0. The first kappa shape index (κ1) is 12.3. The minimum absolute atomic E-state index is 0.176. The number of carbonyl (C=O) groups is 1. The quantitative estimate of drug-likeness (QED) is 0.803. The van der Waals surface area contributed by atoms with E-state index in [2.05, 4.69) is 24.3 Å². The van der Waals surface area contributed by atoms with Gasteiger partial charge in [0.2, 0.25) is 5.91 Å². The first-order valence-electron chi connectivity index (χ1n) is 7.99. The zero-order valence-electron chi connectivity index (χ0n) is 12.2. The lowest BCUT2D eigenvalue weighted by Gasteiger charge is -2.36. The molecule has 1 aliphatic carbocycles. The summed E-state index contributed by atoms with van der Waals surface area (Å²) < 4.78 is 6.25. The Labute approximate surface area is 129 Å². The van der Waals surface area contributed by atoms with Crippen LogP contribution in [0.3, 0.4) is 0 Å². The van der Waals surface area contributed by atoms with Crippen LogP contribution in [0, 0.1) is 5.92 Å². The molecule has 2 aromatic rings. The minimum atomic E-state index is 0.176. The molecule has 1 saturated carbocycles. The Bertz CT molecular complexity index is 755. The molecule has 3 heteroatoms. The van der Waals surface area contributed by atoms with Gasteiger partial charge in [0.1, 0.15) is 11.9 Å². The first-order valence-corrected chi connectivity index (χ1v) is 7.99. The van der Waals surface area contributed by atoms with Gasteiger partial charge in [-0.25, -0.2) is 0 Å². The van der Waals surface area contributed by atoms with Crippen LogP contribution in [0.4, 0.5) is 5.69 Å². The molecule has 2 fully saturated rings. The topological polar surface area (TPSA) is 29.5 Å². The van der Waals surface area contributed by atoms with Crippen LogP contribution in [0.2, 0.25) is 0 Å². The summed E-state index contributed by atoms with van der Waals surface area (Å²) in [5, 5.41) is 0. The minimum Gasteiger partial charge on any atom is -0.486 e. The van der Waals surface area contributed by atoms with Crippen molar-refractivity contribution in [2.24, 2.45) is 5.92 Å². The average molecular weight is 291 g/mol. The first-order chi connectivity index (χ1) is 10.8. The largest absolute Gasteiger partial charge is 0.486 e. The highest BCUT2D eigenvalue weighted by molar-refractivity contribution is 5.99. The molecule has 22 heavy (non-hydrogen) atoms. The van der Waals surface area contributed by atoms with Crippen molar-refractivity contribution in [3.8, 4) is 16.9 Å². The third-order valence-electron chi connectivity index (χ3n) is 5.29. The molecule has 0 aromatic heterocycles. The van der Waals surface area contributed by atoms with Crippen molar-refractivity contribution >= 4 is 11.6 Å². The van der Waals surface area contributed by atoms with E-state index in [4.69, 9.17) is 4.74 Å². The second-order valence-corrected chi connectivity index (χ2v) is 6.50. The van der Waals surface area contributed by atoms with E-state index in [9.17, 15) is 4.79 Å². The maximum Gasteiger partial charge on any atom is 0.227 e. The van der Waals surface area contributed by atoms with Gasteiger partial charge in [-0.15, -0.1) is 0 Å². The van der Waals surface area contributed by atoms with Gasteiger partial charge in [-0.05, 0) is 42.0 Å². The Morgan fingerprint density at radius 3 is 2.73 bits per heavy atom. The summed E-state index contributed by atoms with van der Waals surface area (Å²) in [4.78, 5) is 14.4. The molecule has 0 bridgehead atoms. The maximum atomic E-state index is 12.4. The van der Waals surface area contributed by atoms with Crippen molar-refractivity contribution < 1.29 is 9.53 Å². The molecule has 0 unspecified atom stereocenters. The second kappa shape index (κ2) is 4.35. The Morgan fingerprint density at radius 2 is 1.86 bits per heavy atom. The smallest absolute Gasteiger partial charge is 0.227 e. The third-order valence-corrected chi connectivity index (χ3v) is 5.29. The fourth-order valence-electron chi connectivity index (χ4n) is 4.32. The van der Waals surface area contributed by atoms with Crippen LogP contribution >= 0.6 is 0 Å². The van der Waals surface area contributed by atoms with Gasteiger partial charge in [0.25, 0.3) is 0 Å². The van der Waals surface area contributed by atoms with E-state index in [0.29, 0.717) is 12.3 Å². The van der Waals surface area contributed by atoms with Gasteiger partial charge in [-0.3, -0.25) is 4.79 Å². The van der Waals surface area contributed by atoms with Gasteiger partial charge in [0.15, 0.2) is 0 Å². The number of amides is 1. The second-order valence-electron chi connectivity index (χ2n) is 6.50. The summed E-state index contributed by atoms with van der Waals surface area (Å²) >= 11 is 0. The zero-order valence-corrected chi connectivity index (χ0v) is 12.2. The highest BCUT2D eigenvalue weighted by Gasteiger charge is 2.52. The molecule has 1 amide bonds. The van der Waals surface area contributed by atoms with E-state index in [-0.39, 0.29) is 18.1 Å². The number of hydrogen-bond acceptors (Lipinski definition) is 2. The molecule has 0 spiro atoms. The van der Waals surface area contributed by atoms with Gasteiger partial charge in [0, 0.05) is 6.42 Å². The highest BCUT2D eigenvalue weighted by Crippen LogP contribution is 2.49. The van der Waals surface area contributed by atoms with Crippen LogP contribution < -0.4 is 9.64 Å². The molecule has 5 rings (SSSR count). The van der Waals surface area contributed by atoms with Gasteiger partial charge >= 0.3 is 0 Å². The van der Waals surface area contributed by atoms with Gasteiger partial charge < -0.3 is 9.64 Å². The third kappa shape index (κ3) is 1.59. The van der Waals surface area contributed by atoms with Crippen molar-refractivity contribution in [3.05, 3.63) is 48.5 Å². The van der Waals surface area contributed by atoms with E-state index < -0.39 is 0 Å². The lowest BCUT2D eigenvalue weighted by Crippen LogP contribution is -2.46. The molecule has 3 aliphatic rings. The molecule has 2 aromatic carbocycles. The van der Waals surface area contributed by atoms with Crippen LogP contribution in [-0.2, 0) is 4.79 Å². The Kier molecular flexibility index (Phi) is 2.43. The fraction of sp³-hybridized carbons (Fsp3) is 0.316. The van der Waals surface area contributed by atoms with Crippen LogP contribution in [0.5, 0.6) is 5.75 Å². The maximum absolute atomic E-state index is 12.4. The Hall–Kier alpha value is -2.29. The number of ether oxygens (including phenoxy) is 1. The van der Waals surface area contributed by atoms with Gasteiger partial charge in [0.05, 0.1) is 11.7 Å². The van der Waals surface area contributed by atoms with Gasteiger partial charge in [-0.2, -0.15) is 0 Å². The molecule has 110 valence electrons. The van der Waals surface area contributed by atoms with Crippen molar-refractivity contribution in [1.29, 1.82) is 0 Å². The predicted molar refractivity (Wildman–Crippen MR) is 84.9 cm³/mol. The molecule has 3 nitrogen and oxygen atoms in total. The summed E-state index contributed by atoms with van der Waals surface area (Å²) in [5.74, 6) is 1.61. The average Bonchev–Trinajstić information content (AvgIpc) is 3.10. The summed E-state index contributed by atoms with van der Waals surface area (Å²) in [6.45, 7) is 0. The van der Waals surface area contributed by atoms with E-state index in [1.165, 1.54) is 5.56 Å². The van der Waals surface area contributed by atoms with Crippen molar-refractivity contribution in [2.75, 3.05) is 4.90 Å². The number of benzene rings is 2. The number of carbonyl (C=O) groups excluding carboxylic acids is 1. The summed E-state index contributed by atoms with van der Waals surface area (Å²) in [5.41, 5.74) is 3.27. The number of anilines is 1. The summed E-state index contributed by atoms with van der Waals surface area (Å²) in [6, 6.07) is 16.8. The van der Waals surface area contributed by atoms with E-state index in [1.807, 2.05) is 29.2 Å². The Morgan fingerprint density at radius 1 is 1.00 bits per heavy atom. The van der Waals surface area contributed by atoms with Crippen LogP contribution in [-0.4, -0.2) is 18.1 Å². The molecular formula is C19H17NO2. The van der Waals surface area contributed by atoms with Gasteiger partial charge in [-0.1, -0.05) is 36.4 Å². The van der Waals surface area contributed by atoms with E-state index in [1.54, 1.807) is 0 Å². The standard InChI is InChI=1S/C19H17NO2/c21-18-11-14-7-9-16-19(14)20(18)15-8-6-13(10-17(15)22-16)12-4-2-1-3-5-12/h1-6,8,10,14,16,19H,7,9,11H2/t14-,16-,19+/m1/s1. The van der Waals surface area contributed by atoms with Crippen LogP contribution in [0.25, 0.3) is 11.1 Å². The number of fused-ring (bicyclic) bond motifs is 2. The van der Waals surface area contributed by atoms with Crippen LogP contribution in [0.15, 0.2) is 48.5 Å². The predicted octanol–water partition coefficient (Wildman–Crippen LogP) is 3.63. The molecular weight excluding hydrogens is 274 g/mol. The highest BCUT2D eigenvalue weighted by atomic mass is 16.5. The lowest BCUT2D eigenvalue weighted by atomic mass is 10.0. The number of rotatable bonds is 1. The zero-order chi connectivity index (χ0) is 14.7. The Balaban J connectivity index is 1.62. The molecule has 1 saturated heterocycles. The molecule has 2 heterocycles. The van der Waals surface area contributed by atoms with E-state index >= 15 is 0 Å². The van der Waals surface area contributed by atoms with Crippen molar-refractivity contribution in [3.63, 3.8) is 0 Å². The summed E-state index contributed by atoms with van der Waals surface area (Å²) in [6.07, 6.45) is 3.03. The molecule has 2 aliphatic heterocycles. The molecule has 0 radical (unpaired) electrons. The number of nitrogens with zero attached hydrogens (tertiary/aromatic N) is 1. The SMILES string of the molecule is O=C1C[C@H]2CC[C@H]3Oc4cc(-c5ccccc5)ccc4N1[C@@H]23. The normalized spacial score (nSPS) is 28.3. The van der Waals surface area contributed by atoms with E-state index in [0.717, 1.165) is 29.8 Å². The van der Waals surface area contributed by atoms with Crippen molar-refractivity contribution in [1.82, 2.24) is 0 Å². The molecule has 3 atom stereocenters. The monoisotopic (exact) mass is 291 g/mol. The fourth-order valence-corrected chi connectivity index (χ4v) is 4.32. The van der Waals surface area contributed by atoms with Crippen LogP contribution in [0.1, 0.15) is 19.3 Å².